The fourth-order valence-electron chi connectivity index (χ4n) is 1.56. The van der Waals surface area contributed by atoms with Crippen molar-refractivity contribution in [2.45, 2.75) is 25.8 Å². The Hall–Kier alpha value is -1.68. The van der Waals surface area contributed by atoms with E-state index >= 15 is 0 Å². The predicted octanol–water partition coefficient (Wildman–Crippen LogP) is 0.685. The highest BCUT2D eigenvalue weighted by atomic mass is 16.3. The molecule has 1 aromatic carbocycles. The number of amides is 1. The second-order valence-corrected chi connectivity index (χ2v) is 4.02. The lowest BCUT2D eigenvalue weighted by Crippen LogP contribution is -2.39. The summed E-state index contributed by atoms with van der Waals surface area (Å²) in [5, 5.41) is 11.8. The van der Waals surface area contributed by atoms with Crippen LogP contribution in [0.15, 0.2) is 30.3 Å². The first kappa shape index (κ1) is 13.4. The van der Waals surface area contributed by atoms with Gasteiger partial charge in [0, 0.05) is 0 Å². The average molecular weight is 235 g/mol. The van der Waals surface area contributed by atoms with Crippen LogP contribution in [-0.2, 0) is 16.0 Å². The molecule has 0 aromatic heterocycles. The molecule has 0 radical (unpaired) electrons. The third-order valence-electron chi connectivity index (χ3n) is 2.32. The van der Waals surface area contributed by atoms with E-state index in [2.05, 4.69) is 5.32 Å². The van der Waals surface area contributed by atoms with Gasteiger partial charge in [0.05, 0.1) is 19.1 Å². The smallest absolute Gasteiger partial charge is 0.227 e. The summed E-state index contributed by atoms with van der Waals surface area (Å²) in [6.45, 7) is 1.23. The van der Waals surface area contributed by atoms with E-state index in [4.69, 9.17) is 0 Å². The van der Waals surface area contributed by atoms with Crippen LogP contribution in [0.2, 0.25) is 0 Å². The highest BCUT2D eigenvalue weighted by molar-refractivity contribution is 5.96. The lowest BCUT2D eigenvalue weighted by molar-refractivity contribution is -0.127. The van der Waals surface area contributed by atoms with Crippen LogP contribution in [0.4, 0.5) is 0 Å². The van der Waals surface area contributed by atoms with E-state index in [9.17, 15) is 14.7 Å². The van der Waals surface area contributed by atoms with Gasteiger partial charge in [0.15, 0.2) is 0 Å². The lowest BCUT2D eigenvalue weighted by Gasteiger charge is -2.15. The fourth-order valence-corrected chi connectivity index (χ4v) is 1.56. The Kier molecular flexibility index (Phi) is 5.36. The van der Waals surface area contributed by atoms with E-state index in [1.165, 1.54) is 6.92 Å². The summed E-state index contributed by atoms with van der Waals surface area (Å²) in [5.41, 5.74) is 1.04. The first-order chi connectivity index (χ1) is 8.11. The maximum atomic E-state index is 11.4. The fraction of sp³-hybridized carbons (Fsp3) is 0.385. The molecule has 0 fully saturated rings. The summed E-state index contributed by atoms with van der Waals surface area (Å²) in [6.07, 6.45) is 0.423. The first-order valence-electron chi connectivity index (χ1n) is 5.55. The third kappa shape index (κ3) is 5.26. The van der Waals surface area contributed by atoms with Crippen molar-refractivity contribution in [3.05, 3.63) is 35.9 Å². The van der Waals surface area contributed by atoms with Gasteiger partial charge in [0.2, 0.25) is 5.91 Å². The highest BCUT2D eigenvalue weighted by Gasteiger charge is 2.13. The molecule has 0 saturated carbocycles. The van der Waals surface area contributed by atoms with Crippen molar-refractivity contribution in [1.82, 2.24) is 5.32 Å². The summed E-state index contributed by atoms with van der Waals surface area (Å²) in [7, 11) is 0. The van der Waals surface area contributed by atoms with Crippen LogP contribution < -0.4 is 5.32 Å². The number of rotatable bonds is 6. The van der Waals surface area contributed by atoms with Crippen molar-refractivity contribution in [2.75, 3.05) is 6.61 Å². The van der Waals surface area contributed by atoms with Crippen molar-refractivity contribution in [1.29, 1.82) is 0 Å². The largest absolute Gasteiger partial charge is 0.394 e. The second kappa shape index (κ2) is 6.81. The minimum absolute atomic E-state index is 0.134. The monoisotopic (exact) mass is 235 g/mol. The standard InChI is InChI=1S/C13H17NO3/c1-10(16)7-13(17)14-12(9-15)8-11-5-3-2-4-6-11/h2-6,12,15H,7-9H2,1H3,(H,14,17)/t12-/m0/s1. The number of benzene rings is 1. The number of aliphatic hydroxyl groups excluding tert-OH is 1. The van der Waals surface area contributed by atoms with Crippen LogP contribution in [0.25, 0.3) is 0 Å². The third-order valence-corrected chi connectivity index (χ3v) is 2.32. The van der Waals surface area contributed by atoms with Crippen molar-refractivity contribution < 1.29 is 14.7 Å². The lowest BCUT2D eigenvalue weighted by atomic mass is 10.1. The van der Waals surface area contributed by atoms with Crippen molar-refractivity contribution in [3.63, 3.8) is 0 Å². The van der Waals surface area contributed by atoms with Gasteiger partial charge in [-0.2, -0.15) is 0 Å². The minimum Gasteiger partial charge on any atom is -0.394 e. The van der Waals surface area contributed by atoms with Gasteiger partial charge in [-0.3, -0.25) is 9.59 Å². The van der Waals surface area contributed by atoms with Crippen LogP contribution in [-0.4, -0.2) is 29.4 Å². The van der Waals surface area contributed by atoms with Gasteiger partial charge in [0.25, 0.3) is 0 Å². The van der Waals surface area contributed by atoms with Crippen LogP contribution in [0.5, 0.6) is 0 Å². The number of Topliss-reactive ketones (excluding diaryl/α,β-unsaturated/α-hetero) is 1. The molecule has 1 atom stereocenters. The summed E-state index contributed by atoms with van der Waals surface area (Å²) in [5.74, 6) is -0.522. The molecule has 0 saturated heterocycles. The Bertz CT molecular complexity index is 376. The van der Waals surface area contributed by atoms with E-state index in [0.29, 0.717) is 6.42 Å². The number of aliphatic hydroxyl groups is 1. The zero-order valence-electron chi connectivity index (χ0n) is 9.85. The average Bonchev–Trinajstić information content (AvgIpc) is 2.28. The summed E-state index contributed by atoms with van der Waals surface area (Å²) < 4.78 is 0. The van der Waals surface area contributed by atoms with E-state index in [1.807, 2.05) is 30.3 Å². The normalized spacial score (nSPS) is 11.9. The van der Waals surface area contributed by atoms with Crippen molar-refractivity contribution >= 4 is 11.7 Å². The molecule has 0 aliphatic rings. The Morgan fingerprint density at radius 1 is 1.29 bits per heavy atom. The molecular formula is C13H17NO3. The Balaban J connectivity index is 2.49. The number of carbonyl (C=O) groups is 2. The summed E-state index contributed by atoms with van der Waals surface area (Å²) in [6, 6.07) is 9.23. The number of hydrogen-bond acceptors (Lipinski definition) is 3. The van der Waals surface area contributed by atoms with Gasteiger partial charge in [-0.15, -0.1) is 0 Å². The highest BCUT2D eigenvalue weighted by Crippen LogP contribution is 2.03. The molecule has 0 bridgehead atoms. The number of nitrogens with one attached hydrogen (secondary N) is 1. The van der Waals surface area contributed by atoms with Crippen molar-refractivity contribution in [3.8, 4) is 0 Å². The molecular weight excluding hydrogens is 218 g/mol. The number of ketones is 1. The van der Waals surface area contributed by atoms with Crippen LogP contribution >= 0.6 is 0 Å². The zero-order chi connectivity index (χ0) is 12.7. The SMILES string of the molecule is CC(=O)CC(=O)N[C@H](CO)Cc1ccccc1. The summed E-state index contributed by atoms with van der Waals surface area (Å²) >= 11 is 0. The molecule has 2 N–H and O–H groups in total. The molecule has 1 rings (SSSR count). The minimum atomic E-state index is -0.343. The maximum Gasteiger partial charge on any atom is 0.227 e. The zero-order valence-corrected chi connectivity index (χ0v) is 9.85. The Morgan fingerprint density at radius 2 is 1.94 bits per heavy atom. The van der Waals surface area contributed by atoms with Gasteiger partial charge < -0.3 is 10.4 Å². The Labute approximate surface area is 101 Å². The van der Waals surface area contributed by atoms with Crippen molar-refractivity contribution in [2.24, 2.45) is 0 Å². The molecule has 1 amide bonds. The van der Waals surface area contributed by atoms with Crippen LogP contribution in [0, 0.1) is 0 Å². The molecule has 4 heteroatoms. The molecule has 0 aliphatic carbocycles. The maximum absolute atomic E-state index is 11.4. The first-order valence-corrected chi connectivity index (χ1v) is 5.55. The second-order valence-electron chi connectivity index (χ2n) is 4.02. The van der Waals surface area contributed by atoms with Crippen LogP contribution in [0.1, 0.15) is 18.9 Å². The molecule has 0 unspecified atom stereocenters. The van der Waals surface area contributed by atoms with E-state index in [-0.39, 0.29) is 30.8 Å². The molecule has 4 nitrogen and oxygen atoms in total. The molecule has 0 aliphatic heterocycles. The molecule has 92 valence electrons. The number of carbonyl (C=O) groups excluding carboxylic acids is 2. The number of hydrogen-bond donors (Lipinski definition) is 2. The van der Waals surface area contributed by atoms with Gasteiger partial charge in [-0.25, -0.2) is 0 Å². The van der Waals surface area contributed by atoms with Gasteiger partial charge in [-0.05, 0) is 18.9 Å². The van der Waals surface area contributed by atoms with Crippen LogP contribution in [0.3, 0.4) is 0 Å². The van der Waals surface area contributed by atoms with E-state index in [0.717, 1.165) is 5.56 Å². The van der Waals surface area contributed by atoms with Gasteiger partial charge in [0.1, 0.15) is 5.78 Å². The molecule has 0 heterocycles. The van der Waals surface area contributed by atoms with Gasteiger partial charge in [-0.1, -0.05) is 30.3 Å². The quantitative estimate of drug-likeness (QED) is 0.713. The molecule has 0 spiro atoms. The topological polar surface area (TPSA) is 66.4 Å². The molecule has 1 aromatic rings. The molecule has 17 heavy (non-hydrogen) atoms. The predicted molar refractivity (Wildman–Crippen MR) is 64.5 cm³/mol. The van der Waals surface area contributed by atoms with Gasteiger partial charge >= 0.3 is 0 Å². The Morgan fingerprint density at radius 3 is 2.47 bits per heavy atom. The summed E-state index contributed by atoms with van der Waals surface area (Å²) in [4.78, 5) is 22.1. The van der Waals surface area contributed by atoms with E-state index < -0.39 is 0 Å². The van der Waals surface area contributed by atoms with E-state index in [1.54, 1.807) is 0 Å².